The number of halogens is 5. The number of hydrogen-bond donors (Lipinski definition) is 1. The topological polar surface area (TPSA) is 24.5 Å². The van der Waals surface area contributed by atoms with Crippen LogP contribution in [0, 0.1) is 0 Å². The fourth-order valence-corrected chi connectivity index (χ4v) is 2.35. The molecule has 1 N–H and O–H groups in total. The van der Waals surface area contributed by atoms with Crippen LogP contribution >= 0.6 is 0 Å². The normalized spacial score (nSPS) is 18.5. The predicted octanol–water partition coefficient (Wildman–Crippen LogP) is 2.84. The number of hydrogen-bond acceptors (Lipinski definition) is 3. The van der Waals surface area contributed by atoms with Crippen LogP contribution in [0.2, 0.25) is 0 Å². The minimum atomic E-state index is -4.54. The highest BCUT2D eigenvalue weighted by Gasteiger charge is 2.43. The Morgan fingerprint density at radius 3 is 2.23 bits per heavy atom. The van der Waals surface area contributed by atoms with Gasteiger partial charge in [0, 0.05) is 26.2 Å². The lowest BCUT2D eigenvalue weighted by Gasteiger charge is -2.33. The fraction of sp³-hybridized carbons (Fsp3) is 0.571. The monoisotopic (exact) mass is 324 g/mol. The second kappa shape index (κ2) is 7.23. The number of alkyl halides is 5. The van der Waals surface area contributed by atoms with E-state index in [1.54, 1.807) is 0 Å². The maximum atomic E-state index is 13.3. The molecule has 1 aliphatic rings. The Hall–Kier alpha value is -1.41. The smallest absolute Gasteiger partial charge is 0.428 e. The molecule has 0 radical (unpaired) electrons. The van der Waals surface area contributed by atoms with E-state index in [0.29, 0.717) is 18.7 Å². The summed E-state index contributed by atoms with van der Waals surface area (Å²) in [4.78, 5) is 1.94. The SMILES string of the molecule is FC[C@@H](c1ccc(OC(F)(F)C(F)F)cc1)N1CCNCC1. The molecule has 0 saturated carbocycles. The predicted molar refractivity (Wildman–Crippen MR) is 71.2 cm³/mol. The third kappa shape index (κ3) is 4.07. The van der Waals surface area contributed by atoms with Gasteiger partial charge in [-0.2, -0.15) is 17.6 Å². The molecule has 1 saturated heterocycles. The molecule has 8 heteroatoms. The van der Waals surface area contributed by atoms with Gasteiger partial charge >= 0.3 is 12.5 Å². The number of nitrogens with zero attached hydrogens (tertiary/aromatic N) is 1. The van der Waals surface area contributed by atoms with E-state index in [2.05, 4.69) is 10.1 Å². The Bertz CT molecular complexity index is 463. The summed E-state index contributed by atoms with van der Waals surface area (Å²) in [6, 6.07) is 4.66. The maximum Gasteiger partial charge on any atom is 0.461 e. The third-order valence-corrected chi connectivity index (χ3v) is 3.51. The number of nitrogens with one attached hydrogen (secondary N) is 1. The van der Waals surface area contributed by atoms with Crippen molar-refractivity contribution in [2.24, 2.45) is 0 Å². The van der Waals surface area contributed by atoms with Crippen molar-refractivity contribution in [3.8, 4) is 5.75 Å². The molecule has 2 rings (SSSR count). The molecule has 0 spiro atoms. The quantitative estimate of drug-likeness (QED) is 0.815. The Labute approximate surface area is 125 Å². The summed E-state index contributed by atoms with van der Waals surface area (Å²) in [5.74, 6) is -0.382. The lowest BCUT2D eigenvalue weighted by atomic mass is 10.1. The Balaban J connectivity index is 2.06. The molecule has 22 heavy (non-hydrogen) atoms. The van der Waals surface area contributed by atoms with E-state index >= 15 is 0 Å². The van der Waals surface area contributed by atoms with Crippen molar-refractivity contribution in [1.29, 1.82) is 0 Å². The lowest BCUT2D eigenvalue weighted by molar-refractivity contribution is -0.253. The van der Waals surface area contributed by atoms with Crippen molar-refractivity contribution in [3.63, 3.8) is 0 Å². The van der Waals surface area contributed by atoms with E-state index in [4.69, 9.17) is 0 Å². The van der Waals surface area contributed by atoms with Gasteiger partial charge in [-0.1, -0.05) is 12.1 Å². The van der Waals surface area contributed by atoms with Gasteiger partial charge in [0.2, 0.25) is 0 Å². The van der Waals surface area contributed by atoms with Crippen LogP contribution in [0.15, 0.2) is 24.3 Å². The van der Waals surface area contributed by atoms with Gasteiger partial charge in [0.05, 0.1) is 6.04 Å². The van der Waals surface area contributed by atoms with Crippen molar-refractivity contribution in [2.75, 3.05) is 32.9 Å². The van der Waals surface area contributed by atoms with E-state index in [9.17, 15) is 22.0 Å². The maximum absolute atomic E-state index is 13.3. The fourth-order valence-electron chi connectivity index (χ4n) is 2.35. The summed E-state index contributed by atoms with van der Waals surface area (Å²) < 4.78 is 67.0. The summed E-state index contributed by atoms with van der Waals surface area (Å²) in [6.07, 6.45) is -8.45. The van der Waals surface area contributed by atoms with Gasteiger partial charge in [-0.15, -0.1) is 0 Å². The summed E-state index contributed by atoms with van der Waals surface area (Å²) in [6.45, 7) is 2.23. The number of benzene rings is 1. The van der Waals surface area contributed by atoms with Gasteiger partial charge < -0.3 is 10.1 Å². The van der Waals surface area contributed by atoms with Crippen LogP contribution in [0.4, 0.5) is 22.0 Å². The molecule has 0 aliphatic carbocycles. The number of piperazine rings is 1. The Morgan fingerprint density at radius 1 is 1.14 bits per heavy atom. The van der Waals surface area contributed by atoms with E-state index in [0.717, 1.165) is 25.2 Å². The highest BCUT2D eigenvalue weighted by molar-refractivity contribution is 5.29. The van der Waals surface area contributed by atoms with Gasteiger partial charge in [-0.05, 0) is 17.7 Å². The second-order valence-corrected chi connectivity index (χ2v) is 4.99. The van der Waals surface area contributed by atoms with E-state index < -0.39 is 25.3 Å². The van der Waals surface area contributed by atoms with Crippen molar-refractivity contribution in [2.45, 2.75) is 18.6 Å². The zero-order chi connectivity index (χ0) is 16.2. The van der Waals surface area contributed by atoms with Crippen LogP contribution in [-0.2, 0) is 0 Å². The second-order valence-electron chi connectivity index (χ2n) is 4.99. The lowest BCUT2D eigenvalue weighted by Crippen LogP contribution is -2.45. The van der Waals surface area contributed by atoms with Crippen molar-refractivity contribution < 1.29 is 26.7 Å². The highest BCUT2D eigenvalue weighted by Crippen LogP contribution is 2.29. The van der Waals surface area contributed by atoms with Crippen LogP contribution in [0.3, 0.4) is 0 Å². The summed E-state index contributed by atoms with van der Waals surface area (Å²) >= 11 is 0. The number of rotatable bonds is 6. The average molecular weight is 324 g/mol. The van der Waals surface area contributed by atoms with Gasteiger partial charge in [-0.3, -0.25) is 4.90 Å². The van der Waals surface area contributed by atoms with Gasteiger partial charge in [0.25, 0.3) is 0 Å². The molecule has 1 aromatic rings. The van der Waals surface area contributed by atoms with Crippen molar-refractivity contribution in [3.05, 3.63) is 29.8 Å². The van der Waals surface area contributed by atoms with E-state index in [1.807, 2.05) is 4.90 Å². The molecule has 1 atom stereocenters. The van der Waals surface area contributed by atoms with Crippen LogP contribution in [-0.4, -0.2) is 50.3 Å². The van der Waals surface area contributed by atoms with Crippen LogP contribution in [0.1, 0.15) is 11.6 Å². The van der Waals surface area contributed by atoms with Gasteiger partial charge in [-0.25, -0.2) is 4.39 Å². The minimum absolute atomic E-state index is 0.382. The standard InChI is InChI=1S/C14H17F5N2O/c15-9-12(21-7-5-20-6-8-21)10-1-3-11(4-2-10)22-14(18,19)13(16)17/h1-4,12-13,20H,5-9H2/t12-/m0/s1. The summed E-state index contributed by atoms with van der Waals surface area (Å²) in [5, 5.41) is 3.15. The summed E-state index contributed by atoms with van der Waals surface area (Å²) in [5.41, 5.74) is 0.595. The first-order valence-corrected chi connectivity index (χ1v) is 6.89. The molecule has 1 heterocycles. The summed E-state index contributed by atoms with van der Waals surface area (Å²) in [7, 11) is 0. The first-order chi connectivity index (χ1) is 10.4. The highest BCUT2D eigenvalue weighted by atomic mass is 19.3. The molecule has 0 bridgehead atoms. The van der Waals surface area contributed by atoms with Crippen LogP contribution in [0.5, 0.6) is 5.75 Å². The van der Waals surface area contributed by atoms with Crippen LogP contribution < -0.4 is 10.1 Å². The zero-order valence-corrected chi connectivity index (χ0v) is 11.7. The molecule has 3 nitrogen and oxygen atoms in total. The largest absolute Gasteiger partial charge is 0.461 e. The first-order valence-electron chi connectivity index (χ1n) is 6.89. The molecule has 1 aromatic carbocycles. The minimum Gasteiger partial charge on any atom is -0.428 e. The average Bonchev–Trinajstić information content (AvgIpc) is 2.50. The molecular weight excluding hydrogens is 307 g/mol. The molecular formula is C14H17F5N2O. The van der Waals surface area contributed by atoms with Gasteiger partial charge in [0.1, 0.15) is 12.4 Å². The Kier molecular flexibility index (Phi) is 5.57. The number of ether oxygens (including phenoxy) is 1. The first kappa shape index (κ1) is 17.0. The van der Waals surface area contributed by atoms with Gasteiger partial charge in [0.15, 0.2) is 0 Å². The molecule has 0 amide bonds. The van der Waals surface area contributed by atoms with Crippen molar-refractivity contribution in [1.82, 2.24) is 10.2 Å². The van der Waals surface area contributed by atoms with Crippen molar-refractivity contribution >= 4 is 0 Å². The molecule has 0 unspecified atom stereocenters. The molecule has 0 aromatic heterocycles. The molecule has 1 fully saturated rings. The molecule has 1 aliphatic heterocycles. The Morgan fingerprint density at radius 2 is 1.73 bits per heavy atom. The molecule has 124 valence electrons. The zero-order valence-electron chi connectivity index (χ0n) is 11.7. The van der Waals surface area contributed by atoms with E-state index in [1.165, 1.54) is 12.1 Å². The van der Waals surface area contributed by atoms with Crippen LogP contribution in [0.25, 0.3) is 0 Å². The van der Waals surface area contributed by atoms with E-state index in [-0.39, 0.29) is 5.75 Å². The third-order valence-electron chi connectivity index (χ3n) is 3.51.